The van der Waals surface area contributed by atoms with E-state index in [0.29, 0.717) is 11.7 Å². The number of aromatic nitrogens is 3. The van der Waals surface area contributed by atoms with Crippen molar-refractivity contribution in [3.8, 4) is 0 Å². The third kappa shape index (κ3) is 2.64. The van der Waals surface area contributed by atoms with Crippen molar-refractivity contribution in [3.05, 3.63) is 29.0 Å². The Bertz CT molecular complexity index is 564. The molecule has 19 heavy (non-hydrogen) atoms. The van der Waals surface area contributed by atoms with E-state index in [1.165, 1.54) is 0 Å². The van der Waals surface area contributed by atoms with Gasteiger partial charge in [0.2, 0.25) is 5.95 Å². The van der Waals surface area contributed by atoms with Crippen LogP contribution in [0.2, 0.25) is 0 Å². The number of anilines is 2. The van der Waals surface area contributed by atoms with Crippen LogP contribution in [0, 0.1) is 19.7 Å². The monoisotopic (exact) mass is 265 g/mol. The summed E-state index contributed by atoms with van der Waals surface area (Å²) in [6.45, 7) is 5.56. The summed E-state index contributed by atoms with van der Waals surface area (Å²) in [6, 6.07) is -0.166. The molecule has 0 aliphatic carbocycles. The third-order valence-electron chi connectivity index (χ3n) is 2.84. The van der Waals surface area contributed by atoms with Gasteiger partial charge in [0.25, 0.3) is 0 Å². The van der Waals surface area contributed by atoms with Gasteiger partial charge < -0.3 is 15.2 Å². The van der Waals surface area contributed by atoms with Gasteiger partial charge in [-0.3, -0.25) is 0 Å². The van der Waals surface area contributed by atoms with Gasteiger partial charge in [0, 0.05) is 12.6 Å². The Hall–Kier alpha value is -2.18. The lowest BCUT2D eigenvalue weighted by molar-refractivity contribution is 0.392. The average Bonchev–Trinajstić information content (AvgIpc) is 2.71. The number of nitrogens with zero attached hydrogens (tertiary/aromatic N) is 3. The quantitative estimate of drug-likeness (QED) is 0.884. The second-order valence-corrected chi connectivity index (χ2v) is 4.24. The van der Waals surface area contributed by atoms with Crippen LogP contribution in [0.25, 0.3) is 0 Å². The highest BCUT2D eigenvalue weighted by Gasteiger charge is 2.18. The van der Waals surface area contributed by atoms with E-state index in [-0.39, 0.29) is 11.9 Å². The average molecular weight is 265 g/mol. The van der Waals surface area contributed by atoms with Crippen molar-refractivity contribution >= 4 is 11.8 Å². The predicted molar refractivity (Wildman–Crippen MR) is 69.6 cm³/mol. The minimum atomic E-state index is -0.502. The molecule has 0 aliphatic heterocycles. The van der Waals surface area contributed by atoms with Gasteiger partial charge in [0.1, 0.15) is 5.76 Å². The summed E-state index contributed by atoms with van der Waals surface area (Å²) >= 11 is 0. The first-order valence-corrected chi connectivity index (χ1v) is 5.92. The summed E-state index contributed by atoms with van der Waals surface area (Å²) < 4.78 is 18.8. The van der Waals surface area contributed by atoms with E-state index >= 15 is 0 Å². The first kappa shape index (κ1) is 13.3. The predicted octanol–water partition coefficient (Wildman–Crippen LogP) is 2.44. The summed E-state index contributed by atoms with van der Waals surface area (Å²) in [5, 5.41) is 9.65. The van der Waals surface area contributed by atoms with Gasteiger partial charge in [-0.2, -0.15) is 4.98 Å². The molecule has 1 unspecified atom stereocenters. The SMILES string of the molecule is CNc1ncc(F)c(NC(C)c2c(C)noc2C)n1. The molecule has 0 saturated heterocycles. The van der Waals surface area contributed by atoms with Crippen LogP contribution >= 0.6 is 0 Å². The molecular formula is C12H16FN5O. The molecule has 0 spiro atoms. The van der Waals surface area contributed by atoms with Gasteiger partial charge in [0.15, 0.2) is 11.6 Å². The van der Waals surface area contributed by atoms with Crippen LogP contribution in [0.1, 0.15) is 30.0 Å². The zero-order valence-electron chi connectivity index (χ0n) is 11.3. The number of hydrogen-bond donors (Lipinski definition) is 2. The first-order chi connectivity index (χ1) is 9.02. The maximum Gasteiger partial charge on any atom is 0.224 e. The molecule has 2 N–H and O–H groups in total. The van der Waals surface area contributed by atoms with Crippen LogP contribution in [-0.2, 0) is 0 Å². The second-order valence-electron chi connectivity index (χ2n) is 4.24. The number of rotatable bonds is 4. The molecule has 1 atom stereocenters. The smallest absolute Gasteiger partial charge is 0.224 e. The lowest BCUT2D eigenvalue weighted by Gasteiger charge is -2.15. The zero-order chi connectivity index (χ0) is 14.0. The Kier molecular flexibility index (Phi) is 3.64. The minimum absolute atomic E-state index is 0.145. The molecule has 0 radical (unpaired) electrons. The molecule has 2 aromatic rings. The fourth-order valence-corrected chi connectivity index (χ4v) is 1.97. The lowest BCUT2D eigenvalue weighted by atomic mass is 10.1. The maximum atomic E-state index is 13.7. The molecule has 102 valence electrons. The Balaban J connectivity index is 2.26. The Labute approximate surface area is 110 Å². The van der Waals surface area contributed by atoms with E-state index in [4.69, 9.17) is 4.52 Å². The van der Waals surface area contributed by atoms with E-state index in [2.05, 4.69) is 25.8 Å². The first-order valence-electron chi connectivity index (χ1n) is 5.92. The largest absolute Gasteiger partial charge is 0.361 e. The van der Waals surface area contributed by atoms with Crippen molar-refractivity contribution in [2.75, 3.05) is 17.7 Å². The van der Waals surface area contributed by atoms with Crippen molar-refractivity contribution < 1.29 is 8.91 Å². The van der Waals surface area contributed by atoms with E-state index < -0.39 is 5.82 Å². The number of halogens is 1. The van der Waals surface area contributed by atoms with Gasteiger partial charge >= 0.3 is 0 Å². The Morgan fingerprint density at radius 1 is 1.37 bits per heavy atom. The van der Waals surface area contributed by atoms with Gasteiger partial charge in [-0.15, -0.1) is 0 Å². The van der Waals surface area contributed by atoms with Crippen molar-refractivity contribution in [1.82, 2.24) is 15.1 Å². The van der Waals surface area contributed by atoms with Crippen LogP contribution in [-0.4, -0.2) is 22.2 Å². The van der Waals surface area contributed by atoms with Crippen LogP contribution in [0.4, 0.5) is 16.2 Å². The lowest BCUT2D eigenvalue weighted by Crippen LogP contribution is -2.12. The summed E-state index contributed by atoms with van der Waals surface area (Å²) in [5.41, 5.74) is 1.69. The van der Waals surface area contributed by atoms with Crippen LogP contribution in [0.15, 0.2) is 10.7 Å². The van der Waals surface area contributed by atoms with Gasteiger partial charge in [-0.25, -0.2) is 9.37 Å². The van der Waals surface area contributed by atoms with Gasteiger partial charge in [-0.05, 0) is 20.8 Å². The molecule has 0 fully saturated rings. The molecule has 2 rings (SSSR count). The normalized spacial score (nSPS) is 12.3. The Morgan fingerprint density at radius 2 is 2.11 bits per heavy atom. The van der Waals surface area contributed by atoms with Gasteiger partial charge in [-0.1, -0.05) is 5.16 Å². The van der Waals surface area contributed by atoms with Crippen LogP contribution in [0.3, 0.4) is 0 Å². The van der Waals surface area contributed by atoms with Crippen molar-refractivity contribution in [2.24, 2.45) is 0 Å². The molecular weight excluding hydrogens is 249 g/mol. The molecule has 2 heterocycles. The summed E-state index contributed by atoms with van der Waals surface area (Å²) in [7, 11) is 1.68. The highest BCUT2D eigenvalue weighted by Crippen LogP contribution is 2.25. The van der Waals surface area contributed by atoms with Gasteiger partial charge in [0.05, 0.1) is 17.9 Å². The molecule has 7 heteroatoms. The fourth-order valence-electron chi connectivity index (χ4n) is 1.97. The highest BCUT2D eigenvalue weighted by atomic mass is 19.1. The molecule has 6 nitrogen and oxygen atoms in total. The molecule has 0 amide bonds. The van der Waals surface area contributed by atoms with Crippen LogP contribution < -0.4 is 10.6 Å². The third-order valence-corrected chi connectivity index (χ3v) is 2.84. The molecule has 0 aliphatic rings. The van der Waals surface area contributed by atoms with E-state index in [1.54, 1.807) is 7.05 Å². The standard InChI is InChI=1S/C12H16FN5O/c1-6(10-7(2)18-19-8(10)3)16-11-9(13)5-15-12(14-4)17-11/h5-6H,1-4H3,(H2,14,15,16,17). The second kappa shape index (κ2) is 5.21. The number of aryl methyl sites for hydroxylation is 2. The minimum Gasteiger partial charge on any atom is -0.361 e. The van der Waals surface area contributed by atoms with Crippen LogP contribution in [0.5, 0.6) is 0 Å². The molecule has 0 aromatic carbocycles. The maximum absolute atomic E-state index is 13.7. The molecule has 0 saturated carbocycles. The zero-order valence-corrected chi connectivity index (χ0v) is 11.3. The summed E-state index contributed by atoms with van der Waals surface area (Å²) in [4.78, 5) is 7.84. The number of hydrogen-bond acceptors (Lipinski definition) is 6. The summed E-state index contributed by atoms with van der Waals surface area (Å²) in [6.07, 6.45) is 1.13. The fraction of sp³-hybridized carbons (Fsp3) is 0.417. The number of nitrogens with one attached hydrogen (secondary N) is 2. The van der Waals surface area contributed by atoms with Crippen molar-refractivity contribution in [1.29, 1.82) is 0 Å². The van der Waals surface area contributed by atoms with E-state index in [9.17, 15) is 4.39 Å². The Morgan fingerprint density at radius 3 is 2.68 bits per heavy atom. The highest BCUT2D eigenvalue weighted by molar-refractivity contribution is 5.43. The molecule has 0 bridgehead atoms. The van der Waals surface area contributed by atoms with E-state index in [1.807, 2.05) is 20.8 Å². The van der Waals surface area contributed by atoms with Crippen molar-refractivity contribution in [2.45, 2.75) is 26.8 Å². The van der Waals surface area contributed by atoms with Crippen molar-refractivity contribution in [3.63, 3.8) is 0 Å². The van der Waals surface area contributed by atoms with E-state index in [0.717, 1.165) is 17.5 Å². The molecule has 2 aromatic heterocycles. The topological polar surface area (TPSA) is 75.9 Å². The summed E-state index contributed by atoms with van der Waals surface area (Å²) in [5.74, 6) is 0.708.